The number of aromatic nitrogens is 1. The summed E-state index contributed by atoms with van der Waals surface area (Å²) in [5.74, 6) is 1.64. The minimum absolute atomic E-state index is 0.147. The van der Waals surface area contributed by atoms with Crippen molar-refractivity contribution in [2.75, 3.05) is 11.5 Å². The van der Waals surface area contributed by atoms with Gasteiger partial charge in [-0.3, -0.25) is 4.79 Å². The number of hydrogen-bond acceptors (Lipinski definition) is 3. The van der Waals surface area contributed by atoms with Gasteiger partial charge in [-0.2, -0.15) is 16.9 Å². The number of H-pyrrole nitrogens is 1. The SMILES string of the molecule is O=C1NN=C(CSCCc2ccccc2)c2c[nH]c3cccc1c23. The quantitative estimate of drug-likeness (QED) is 0.700. The molecule has 0 fully saturated rings. The number of hydrazone groups is 1. The van der Waals surface area contributed by atoms with Crippen molar-refractivity contribution in [2.24, 2.45) is 5.10 Å². The zero-order valence-electron chi connectivity index (χ0n) is 13.1. The van der Waals surface area contributed by atoms with Gasteiger partial charge in [0.2, 0.25) is 0 Å². The highest BCUT2D eigenvalue weighted by Crippen LogP contribution is 2.26. The molecule has 3 aromatic rings. The number of aryl methyl sites for hydroxylation is 1. The Kier molecular flexibility index (Phi) is 4.09. The molecule has 0 atom stereocenters. The molecule has 0 unspecified atom stereocenters. The minimum Gasteiger partial charge on any atom is -0.360 e. The summed E-state index contributed by atoms with van der Waals surface area (Å²) in [5.41, 5.74) is 7.60. The Morgan fingerprint density at radius 3 is 2.75 bits per heavy atom. The Morgan fingerprint density at radius 1 is 1.00 bits per heavy atom. The largest absolute Gasteiger partial charge is 0.360 e. The van der Waals surface area contributed by atoms with Crippen LogP contribution in [0.2, 0.25) is 0 Å². The van der Waals surface area contributed by atoms with Gasteiger partial charge in [0.05, 0.1) is 11.3 Å². The van der Waals surface area contributed by atoms with Crippen molar-refractivity contribution in [3.8, 4) is 0 Å². The third-order valence-electron chi connectivity index (χ3n) is 4.17. The normalized spacial score (nSPS) is 13.5. The molecule has 0 spiro atoms. The first kappa shape index (κ1) is 15.0. The van der Waals surface area contributed by atoms with E-state index in [9.17, 15) is 4.79 Å². The highest BCUT2D eigenvalue weighted by molar-refractivity contribution is 8.00. The molecule has 120 valence electrons. The minimum atomic E-state index is -0.147. The third-order valence-corrected chi connectivity index (χ3v) is 5.14. The first-order chi connectivity index (χ1) is 11.8. The maximum absolute atomic E-state index is 12.2. The monoisotopic (exact) mass is 335 g/mol. The summed E-state index contributed by atoms with van der Waals surface area (Å²) < 4.78 is 0. The molecule has 0 saturated carbocycles. The molecule has 1 amide bonds. The number of thioether (sulfide) groups is 1. The molecule has 4 nitrogen and oxygen atoms in total. The molecule has 2 aromatic carbocycles. The highest BCUT2D eigenvalue weighted by Gasteiger charge is 2.20. The van der Waals surface area contributed by atoms with Crippen LogP contribution in [0.5, 0.6) is 0 Å². The number of carbonyl (C=O) groups is 1. The molecule has 5 heteroatoms. The van der Waals surface area contributed by atoms with E-state index in [1.807, 2.05) is 42.2 Å². The van der Waals surface area contributed by atoms with E-state index in [-0.39, 0.29) is 5.91 Å². The third kappa shape index (κ3) is 2.83. The Morgan fingerprint density at radius 2 is 1.88 bits per heavy atom. The fraction of sp³-hybridized carbons (Fsp3) is 0.158. The molecular weight excluding hydrogens is 318 g/mol. The average Bonchev–Trinajstić information content (AvgIpc) is 3.00. The first-order valence-electron chi connectivity index (χ1n) is 7.92. The van der Waals surface area contributed by atoms with E-state index in [1.54, 1.807) is 0 Å². The van der Waals surface area contributed by atoms with Crippen LogP contribution in [-0.2, 0) is 6.42 Å². The number of nitrogens with one attached hydrogen (secondary N) is 2. The van der Waals surface area contributed by atoms with Crippen LogP contribution in [0.15, 0.2) is 59.8 Å². The van der Waals surface area contributed by atoms with E-state index in [0.29, 0.717) is 5.56 Å². The summed E-state index contributed by atoms with van der Waals surface area (Å²) in [5, 5.41) is 5.30. The Labute approximate surface area is 144 Å². The number of rotatable bonds is 5. The van der Waals surface area contributed by atoms with Crippen molar-refractivity contribution >= 4 is 34.3 Å². The second-order valence-corrected chi connectivity index (χ2v) is 6.82. The predicted molar refractivity (Wildman–Crippen MR) is 99.8 cm³/mol. The molecule has 1 aliphatic rings. The summed E-state index contributed by atoms with van der Waals surface area (Å²) in [4.78, 5) is 15.5. The van der Waals surface area contributed by atoms with Gasteiger partial charge in [0.1, 0.15) is 0 Å². The molecule has 4 rings (SSSR count). The van der Waals surface area contributed by atoms with E-state index in [1.165, 1.54) is 5.56 Å². The smallest absolute Gasteiger partial charge is 0.272 e. The fourth-order valence-corrected chi connectivity index (χ4v) is 3.89. The van der Waals surface area contributed by atoms with E-state index >= 15 is 0 Å². The summed E-state index contributed by atoms with van der Waals surface area (Å²) >= 11 is 1.83. The van der Waals surface area contributed by atoms with E-state index in [2.05, 4.69) is 39.8 Å². The van der Waals surface area contributed by atoms with E-state index in [0.717, 1.165) is 40.1 Å². The van der Waals surface area contributed by atoms with Gasteiger partial charge in [-0.25, -0.2) is 5.43 Å². The summed E-state index contributed by atoms with van der Waals surface area (Å²) in [7, 11) is 0. The molecule has 1 aromatic heterocycles. The topological polar surface area (TPSA) is 57.2 Å². The van der Waals surface area contributed by atoms with Crippen LogP contribution in [0, 0.1) is 0 Å². The van der Waals surface area contributed by atoms with Crippen molar-refractivity contribution in [2.45, 2.75) is 6.42 Å². The maximum Gasteiger partial charge on any atom is 0.272 e. The van der Waals surface area contributed by atoms with Crippen LogP contribution in [0.4, 0.5) is 0 Å². The van der Waals surface area contributed by atoms with Crippen molar-refractivity contribution in [1.29, 1.82) is 0 Å². The van der Waals surface area contributed by atoms with Gasteiger partial charge in [-0.05, 0) is 29.9 Å². The van der Waals surface area contributed by atoms with Gasteiger partial charge in [-0.1, -0.05) is 36.4 Å². The predicted octanol–water partition coefficient (Wildman–Crippen LogP) is 3.59. The number of aromatic amines is 1. The molecule has 0 aliphatic carbocycles. The summed E-state index contributed by atoms with van der Waals surface area (Å²) in [6.45, 7) is 0. The molecule has 2 heterocycles. The van der Waals surface area contributed by atoms with E-state index < -0.39 is 0 Å². The van der Waals surface area contributed by atoms with Gasteiger partial charge in [0.25, 0.3) is 5.91 Å². The molecule has 2 N–H and O–H groups in total. The zero-order chi connectivity index (χ0) is 16.4. The Bertz CT molecular complexity index is 915. The Hall–Kier alpha value is -2.53. The van der Waals surface area contributed by atoms with Crippen molar-refractivity contribution in [1.82, 2.24) is 10.4 Å². The van der Waals surface area contributed by atoms with Crippen LogP contribution in [0.3, 0.4) is 0 Å². The standard InChI is InChI=1S/C19H17N3OS/c23-19-14-7-4-8-16-18(14)15(11-20-16)17(21-22-19)12-24-10-9-13-5-2-1-3-6-13/h1-8,11,20H,9-10,12H2,(H,22,23). The lowest BCUT2D eigenvalue weighted by Crippen LogP contribution is -2.18. The van der Waals surface area contributed by atoms with Crippen LogP contribution >= 0.6 is 11.8 Å². The zero-order valence-corrected chi connectivity index (χ0v) is 13.9. The van der Waals surface area contributed by atoms with Crippen molar-refractivity contribution in [3.05, 3.63) is 71.4 Å². The van der Waals surface area contributed by atoms with E-state index in [4.69, 9.17) is 0 Å². The fourth-order valence-electron chi connectivity index (χ4n) is 2.95. The van der Waals surface area contributed by atoms with Crippen LogP contribution < -0.4 is 5.43 Å². The van der Waals surface area contributed by atoms with Crippen LogP contribution in [0.25, 0.3) is 10.9 Å². The maximum atomic E-state index is 12.2. The van der Waals surface area contributed by atoms with Gasteiger partial charge in [0.15, 0.2) is 0 Å². The number of carbonyl (C=O) groups excluding carboxylic acids is 1. The number of benzene rings is 2. The molecule has 0 bridgehead atoms. The Balaban J connectivity index is 1.50. The first-order valence-corrected chi connectivity index (χ1v) is 9.07. The second kappa shape index (κ2) is 6.53. The lowest BCUT2D eigenvalue weighted by Gasteiger charge is -2.04. The van der Waals surface area contributed by atoms with Gasteiger partial charge < -0.3 is 4.98 Å². The lowest BCUT2D eigenvalue weighted by atomic mass is 10.0. The molecule has 1 aliphatic heterocycles. The number of hydrogen-bond donors (Lipinski definition) is 2. The second-order valence-electron chi connectivity index (χ2n) is 5.72. The van der Waals surface area contributed by atoms with Crippen molar-refractivity contribution < 1.29 is 4.79 Å². The number of nitrogens with zero attached hydrogens (tertiary/aromatic N) is 1. The van der Waals surface area contributed by atoms with Gasteiger partial charge >= 0.3 is 0 Å². The molecular formula is C19H17N3OS. The highest BCUT2D eigenvalue weighted by atomic mass is 32.2. The molecule has 0 radical (unpaired) electrons. The summed E-state index contributed by atoms with van der Waals surface area (Å²) in [6.07, 6.45) is 2.98. The lowest BCUT2D eigenvalue weighted by molar-refractivity contribution is 0.0957. The average molecular weight is 335 g/mol. The van der Waals surface area contributed by atoms with Gasteiger partial charge in [-0.15, -0.1) is 0 Å². The van der Waals surface area contributed by atoms with Gasteiger partial charge in [0, 0.05) is 28.4 Å². The van der Waals surface area contributed by atoms with Crippen molar-refractivity contribution in [3.63, 3.8) is 0 Å². The van der Waals surface area contributed by atoms with Crippen LogP contribution in [-0.4, -0.2) is 28.1 Å². The van der Waals surface area contributed by atoms with Crippen LogP contribution in [0.1, 0.15) is 21.5 Å². The molecule has 24 heavy (non-hydrogen) atoms. The number of amides is 1. The summed E-state index contributed by atoms with van der Waals surface area (Å²) in [6, 6.07) is 16.2. The molecule has 0 saturated heterocycles.